The summed E-state index contributed by atoms with van der Waals surface area (Å²) in [6.07, 6.45) is -1.39. The van der Waals surface area contributed by atoms with E-state index in [1.54, 1.807) is 42.0 Å². The molecule has 0 saturated heterocycles. The predicted molar refractivity (Wildman–Crippen MR) is 138 cm³/mol. The van der Waals surface area contributed by atoms with Gasteiger partial charge in [0, 0.05) is 28.8 Å². The highest BCUT2D eigenvalue weighted by molar-refractivity contribution is 6.01. The molecular formula is C27H24F3N5O3. The highest BCUT2D eigenvalue weighted by atomic mass is 19.4. The molecule has 2 aromatic carbocycles. The average molecular weight is 524 g/mol. The lowest BCUT2D eigenvalue weighted by Crippen LogP contribution is -2.23. The Hall–Kier alpha value is -4.67. The number of aryl methyl sites for hydroxylation is 2. The number of alkyl halides is 3. The van der Waals surface area contributed by atoms with Gasteiger partial charge in [-0.25, -0.2) is 4.98 Å². The molecule has 38 heavy (non-hydrogen) atoms. The average Bonchev–Trinajstić information content (AvgIpc) is 3.19. The molecule has 4 aromatic rings. The number of benzene rings is 2. The van der Waals surface area contributed by atoms with E-state index < -0.39 is 23.6 Å². The molecule has 0 spiro atoms. The number of carbonyl (C=O) groups excluding carboxylic acids is 2. The van der Waals surface area contributed by atoms with Crippen molar-refractivity contribution in [1.82, 2.24) is 14.0 Å². The Kier molecular flexibility index (Phi) is 7.20. The molecule has 4 rings (SSSR count). The van der Waals surface area contributed by atoms with Gasteiger partial charge in [0.2, 0.25) is 17.6 Å². The lowest BCUT2D eigenvalue weighted by molar-refractivity contribution is -0.137. The van der Waals surface area contributed by atoms with Crippen LogP contribution in [0.5, 0.6) is 0 Å². The molecule has 0 aliphatic carbocycles. The monoisotopic (exact) mass is 523 g/mol. The van der Waals surface area contributed by atoms with E-state index in [4.69, 9.17) is 0 Å². The molecule has 2 heterocycles. The first-order valence-electron chi connectivity index (χ1n) is 11.6. The third kappa shape index (κ3) is 5.22. The van der Waals surface area contributed by atoms with Gasteiger partial charge in [0.15, 0.2) is 0 Å². The lowest BCUT2D eigenvalue weighted by atomic mass is 10.0. The number of nitrogens with one attached hydrogen (secondary N) is 2. The van der Waals surface area contributed by atoms with E-state index >= 15 is 0 Å². The fourth-order valence-corrected chi connectivity index (χ4v) is 4.09. The Labute approximate surface area is 215 Å². The Morgan fingerprint density at radius 3 is 2.39 bits per heavy atom. The number of carbonyl (C=O) groups is 2. The topological polar surface area (TPSA) is 97.5 Å². The highest BCUT2D eigenvalue weighted by Gasteiger charge is 2.30. The maximum absolute atomic E-state index is 13.7. The van der Waals surface area contributed by atoms with E-state index in [0.29, 0.717) is 34.6 Å². The summed E-state index contributed by atoms with van der Waals surface area (Å²) in [7, 11) is 0. The van der Waals surface area contributed by atoms with Crippen molar-refractivity contribution in [3.8, 4) is 11.1 Å². The van der Waals surface area contributed by atoms with Gasteiger partial charge >= 0.3 is 6.18 Å². The minimum atomic E-state index is -4.48. The zero-order valence-corrected chi connectivity index (χ0v) is 20.6. The highest BCUT2D eigenvalue weighted by Crippen LogP contribution is 2.30. The first-order chi connectivity index (χ1) is 18.0. The minimum absolute atomic E-state index is 0.206. The number of imidazole rings is 1. The number of hydrogen-bond acceptors (Lipinski definition) is 4. The second kappa shape index (κ2) is 10.4. The first-order valence-corrected chi connectivity index (χ1v) is 11.6. The SMILES string of the molecule is C=CC(=O)Nc1ccccc1-c1c(CC)nc2n(CC(=O)Nc3ccc(C(F)(F)F)cc3)c(C)cn2c1=O. The third-order valence-electron chi connectivity index (χ3n) is 5.93. The van der Waals surface area contributed by atoms with Crippen LogP contribution in [0.25, 0.3) is 16.9 Å². The molecule has 0 atom stereocenters. The van der Waals surface area contributed by atoms with Crippen molar-refractivity contribution in [3.05, 3.63) is 94.7 Å². The number of amides is 2. The molecular weight excluding hydrogens is 499 g/mol. The smallest absolute Gasteiger partial charge is 0.325 e. The van der Waals surface area contributed by atoms with Crippen molar-refractivity contribution in [3.63, 3.8) is 0 Å². The summed E-state index contributed by atoms with van der Waals surface area (Å²) in [6.45, 7) is 6.79. The molecule has 0 fully saturated rings. The number of para-hydroxylation sites is 1. The molecule has 2 aromatic heterocycles. The van der Waals surface area contributed by atoms with E-state index in [0.717, 1.165) is 18.2 Å². The number of rotatable bonds is 7. The standard InChI is InChI=1S/C27H24F3N5O3/c1-4-20-24(19-8-6-7-9-21(19)32-22(36)5-2)25(38)35-14-16(3)34(26(35)33-20)15-23(37)31-18-12-10-17(11-13-18)27(28,29)30/h5-14H,2,4,15H2,1,3H3,(H,31,37)(H,32,36). The molecule has 2 amide bonds. The zero-order valence-electron chi connectivity index (χ0n) is 20.6. The number of fused-ring (bicyclic) bond motifs is 1. The number of halogens is 3. The van der Waals surface area contributed by atoms with Crippen molar-refractivity contribution in [2.45, 2.75) is 33.0 Å². The van der Waals surface area contributed by atoms with Gasteiger partial charge in [0.1, 0.15) is 6.54 Å². The molecule has 11 heteroatoms. The molecule has 0 saturated carbocycles. The third-order valence-corrected chi connectivity index (χ3v) is 5.93. The maximum atomic E-state index is 13.7. The molecule has 0 bridgehead atoms. The molecule has 196 valence electrons. The van der Waals surface area contributed by atoms with E-state index in [2.05, 4.69) is 22.2 Å². The fourth-order valence-electron chi connectivity index (χ4n) is 4.09. The molecule has 8 nitrogen and oxygen atoms in total. The number of aromatic nitrogens is 3. The normalized spacial score (nSPS) is 11.4. The molecule has 0 radical (unpaired) electrons. The maximum Gasteiger partial charge on any atom is 0.416 e. The van der Waals surface area contributed by atoms with Gasteiger partial charge < -0.3 is 15.2 Å². The number of anilines is 2. The van der Waals surface area contributed by atoms with E-state index in [1.807, 2.05) is 6.92 Å². The summed E-state index contributed by atoms with van der Waals surface area (Å²) in [5.74, 6) is -0.686. The molecule has 0 aliphatic heterocycles. The van der Waals surface area contributed by atoms with E-state index in [9.17, 15) is 27.6 Å². The van der Waals surface area contributed by atoms with E-state index in [-0.39, 0.29) is 23.6 Å². The van der Waals surface area contributed by atoms with Crippen molar-refractivity contribution in [2.24, 2.45) is 0 Å². The second-order valence-corrected chi connectivity index (χ2v) is 8.48. The van der Waals surface area contributed by atoms with Crippen LogP contribution in [0.4, 0.5) is 24.5 Å². The van der Waals surface area contributed by atoms with Crippen LogP contribution in [0.15, 0.2) is 72.2 Å². The fraction of sp³-hybridized carbons (Fsp3) is 0.185. The van der Waals surface area contributed by atoms with Crippen molar-refractivity contribution < 1.29 is 22.8 Å². The molecule has 0 unspecified atom stereocenters. The second-order valence-electron chi connectivity index (χ2n) is 8.48. The Morgan fingerprint density at radius 1 is 1.08 bits per heavy atom. The van der Waals surface area contributed by atoms with Gasteiger partial charge in [0.05, 0.1) is 16.8 Å². The summed E-state index contributed by atoms with van der Waals surface area (Å²) >= 11 is 0. The van der Waals surface area contributed by atoms with Gasteiger partial charge in [-0.05, 0) is 49.8 Å². The van der Waals surface area contributed by atoms with Gasteiger partial charge in [-0.1, -0.05) is 31.7 Å². The van der Waals surface area contributed by atoms with Crippen LogP contribution in [-0.2, 0) is 28.7 Å². The van der Waals surface area contributed by atoms with Crippen molar-refractivity contribution >= 4 is 29.0 Å². The van der Waals surface area contributed by atoms with Crippen LogP contribution < -0.4 is 16.2 Å². The van der Waals surface area contributed by atoms with E-state index in [1.165, 1.54) is 16.5 Å². The van der Waals surface area contributed by atoms with Crippen LogP contribution >= 0.6 is 0 Å². The summed E-state index contributed by atoms with van der Waals surface area (Å²) < 4.78 is 41.3. The van der Waals surface area contributed by atoms with Crippen molar-refractivity contribution in [2.75, 3.05) is 10.6 Å². The quantitative estimate of drug-likeness (QED) is 0.340. The lowest BCUT2D eigenvalue weighted by Gasteiger charge is -2.14. The van der Waals surface area contributed by atoms with Crippen LogP contribution in [0.1, 0.15) is 23.9 Å². The van der Waals surface area contributed by atoms with Crippen molar-refractivity contribution in [1.29, 1.82) is 0 Å². The molecule has 0 aliphatic rings. The minimum Gasteiger partial charge on any atom is -0.325 e. The summed E-state index contributed by atoms with van der Waals surface area (Å²) in [6, 6.07) is 11.0. The van der Waals surface area contributed by atoms with Gasteiger partial charge in [0.25, 0.3) is 5.56 Å². The predicted octanol–water partition coefficient (Wildman–Crippen LogP) is 4.82. The summed E-state index contributed by atoms with van der Waals surface area (Å²) in [5.41, 5.74) is 1.29. The zero-order chi connectivity index (χ0) is 27.6. The van der Waals surface area contributed by atoms with Crippen LogP contribution in [0.3, 0.4) is 0 Å². The number of nitrogens with zero attached hydrogens (tertiary/aromatic N) is 3. The number of hydrogen-bond donors (Lipinski definition) is 2. The molecule has 2 N–H and O–H groups in total. The van der Waals surface area contributed by atoms with Crippen LogP contribution in [-0.4, -0.2) is 25.8 Å². The largest absolute Gasteiger partial charge is 0.416 e. The Balaban J connectivity index is 1.70. The first kappa shape index (κ1) is 26.4. The van der Waals surface area contributed by atoms with Gasteiger partial charge in [-0.2, -0.15) is 13.2 Å². The Bertz CT molecular complexity index is 1600. The van der Waals surface area contributed by atoms with Crippen LogP contribution in [0.2, 0.25) is 0 Å². The van der Waals surface area contributed by atoms with Crippen LogP contribution in [0, 0.1) is 6.92 Å². The van der Waals surface area contributed by atoms with Gasteiger partial charge in [-0.3, -0.25) is 18.8 Å². The Morgan fingerprint density at radius 2 is 1.76 bits per heavy atom. The summed E-state index contributed by atoms with van der Waals surface area (Å²) in [5, 5.41) is 5.28. The van der Waals surface area contributed by atoms with Gasteiger partial charge in [-0.15, -0.1) is 0 Å². The summed E-state index contributed by atoms with van der Waals surface area (Å²) in [4.78, 5) is 43.0.